The van der Waals surface area contributed by atoms with E-state index >= 15 is 0 Å². The highest BCUT2D eigenvalue weighted by Gasteiger charge is 2.30. The Morgan fingerprint density at radius 3 is 2.67 bits per heavy atom. The first-order valence-electron chi connectivity index (χ1n) is 6.18. The van der Waals surface area contributed by atoms with Crippen LogP contribution in [0.4, 0.5) is 0 Å². The Morgan fingerprint density at radius 1 is 1.47 bits per heavy atom. The van der Waals surface area contributed by atoms with Crippen molar-refractivity contribution in [2.75, 3.05) is 13.1 Å². The minimum absolute atomic E-state index is 0.353. The van der Waals surface area contributed by atoms with Crippen LogP contribution in [0.25, 0.3) is 0 Å². The molecule has 0 spiro atoms. The number of aliphatic hydroxyl groups is 1. The summed E-state index contributed by atoms with van der Waals surface area (Å²) in [5.41, 5.74) is 4.83. The highest BCUT2D eigenvalue weighted by atomic mass is 16.3. The molecule has 0 aromatic heterocycles. The maximum atomic E-state index is 9.88. The molecule has 0 radical (unpaired) electrons. The Kier molecular flexibility index (Phi) is 4.56. The number of hydrogen-bond acceptors (Lipinski definition) is 3. The van der Waals surface area contributed by atoms with Crippen LogP contribution in [-0.2, 0) is 0 Å². The first kappa shape index (κ1) is 12.9. The van der Waals surface area contributed by atoms with Crippen molar-refractivity contribution in [1.82, 2.24) is 4.90 Å². The highest BCUT2D eigenvalue weighted by Crippen LogP contribution is 2.26. The lowest BCUT2D eigenvalue weighted by Gasteiger charge is -2.31. The van der Waals surface area contributed by atoms with Gasteiger partial charge in [-0.25, -0.2) is 0 Å². The summed E-state index contributed by atoms with van der Waals surface area (Å²) in [4.78, 5) is 2.53. The zero-order valence-corrected chi connectivity index (χ0v) is 10.4. The summed E-state index contributed by atoms with van der Waals surface area (Å²) in [6.45, 7) is 7.69. The van der Waals surface area contributed by atoms with E-state index in [9.17, 15) is 5.11 Å². The summed E-state index contributed by atoms with van der Waals surface area (Å²) >= 11 is 0. The van der Waals surface area contributed by atoms with E-state index in [0.29, 0.717) is 18.6 Å². The highest BCUT2D eigenvalue weighted by molar-refractivity contribution is 4.86. The maximum Gasteiger partial charge on any atom is 0.0753 e. The first-order valence-corrected chi connectivity index (χ1v) is 6.18. The van der Waals surface area contributed by atoms with Crippen molar-refractivity contribution in [3.05, 3.63) is 0 Å². The van der Waals surface area contributed by atoms with Gasteiger partial charge in [0, 0.05) is 25.2 Å². The summed E-state index contributed by atoms with van der Waals surface area (Å²) in [7, 11) is 0. The Hall–Kier alpha value is -0.120. The van der Waals surface area contributed by atoms with E-state index in [1.54, 1.807) is 0 Å². The molecule has 15 heavy (non-hydrogen) atoms. The number of rotatable bonds is 5. The van der Waals surface area contributed by atoms with E-state index in [0.717, 1.165) is 13.0 Å². The molecule has 1 fully saturated rings. The molecule has 3 heteroatoms. The van der Waals surface area contributed by atoms with E-state index in [4.69, 9.17) is 5.73 Å². The summed E-state index contributed by atoms with van der Waals surface area (Å²) in [6.07, 6.45) is 4.60. The minimum atomic E-state index is -0.694. The summed E-state index contributed by atoms with van der Waals surface area (Å²) in [6, 6.07) is 1.39. The van der Waals surface area contributed by atoms with Gasteiger partial charge in [-0.3, -0.25) is 4.90 Å². The van der Waals surface area contributed by atoms with Gasteiger partial charge < -0.3 is 10.8 Å². The van der Waals surface area contributed by atoms with Crippen LogP contribution in [0.3, 0.4) is 0 Å². The van der Waals surface area contributed by atoms with Crippen molar-refractivity contribution in [2.45, 2.75) is 64.1 Å². The number of nitrogens with zero attached hydrogens (tertiary/aromatic N) is 1. The van der Waals surface area contributed by atoms with Crippen LogP contribution in [0.15, 0.2) is 0 Å². The van der Waals surface area contributed by atoms with Crippen LogP contribution in [0.5, 0.6) is 0 Å². The molecular weight excluding hydrogens is 188 g/mol. The van der Waals surface area contributed by atoms with E-state index in [2.05, 4.69) is 18.7 Å². The van der Waals surface area contributed by atoms with Gasteiger partial charge >= 0.3 is 0 Å². The Bertz CT molecular complexity index is 194. The zero-order valence-electron chi connectivity index (χ0n) is 10.4. The Morgan fingerprint density at radius 2 is 2.13 bits per heavy atom. The van der Waals surface area contributed by atoms with Gasteiger partial charge in [0.15, 0.2) is 0 Å². The average molecular weight is 214 g/mol. The number of hydrogen-bond donors (Lipinski definition) is 2. The maximum absolute atomic E-state index is 9.88. The third-order valence-corrected chi connectivity index (χ3v) is 3.77. The van der Waals surface area contributed by atoms with Crippen LogP contribution < -0.4 is 5.73 Å². The predicted octanol–water partition coefficient (Wildman–Crippen LogP) is 1.35. The fraction of sp³-hybridized carbons (Fsp3) is 1.00. The number of likely N-dealkylation sites (tertiary alicyclic amines) is 1. The smallest absolute Gasteiger partial charge is 0.0753 e. The van der Waals surface area contributed by atoms with Gasteiger partial charge in [0.05, 0.1) is 5.60 Å². The van der Waals surface area contributed by atoms with Crippen molar-refractivity contribution >= 4 is 0 Å². The molecule has 0 saturated carbocycles. The number of nitrogens with two attached hydrogens (primary N) is 1. The lowest BCUT2D eigenvalue weighted by molar-refractivity contribution is 0.0412. The van der Waals surface area contributed by atoms with Crippen molar-refractivity contribution in [2.24, 2.45) is 5.73 Å². The normalized spacial score (nSPS) is 31.8. The molecule has 90 valence electrons. The molecule has 0 aromatic carbocycles. The van der Waals surface area contributed by atoms with E-state index in [-0.39, 0.29) is 0 Å². The quantitative estimate of drug-likeness (QED) is 0.726. The largest absolute Gasteiger partial charge is 0.389 e. The summed E-state index contributed by atoms with van der Waals surface area (Å²) in [5, 5.41) is 9.88. The summed E-state index contributed by atoms with van der Waals surface area (Å²) in [5.74, 6) is 0. The van der Waals surface area contributed by atoms with Gasteiger partial charge in [0.1, 0.15) is 0 Å². The fourth-order valence-corrected chi connectivity index (χ4v) is 2.44. The molecule has 1 aliphatic heterocycles. The van der Waals surface area contributed by atoms with Crippen LogP contribution in [0.1, 0.15) is 46.5 Å². The molecule has 1 aliphatic rings. The predicted molar refractivity (Wildman–Crippen MR) is 63.8 cm³/mol. The molecular formula is C12H26N2O. The van der Waals surface area contributed by atoms with Gasteiger partial charge in [-0.05, 0) is 39.5 Å². The molecule has 0 bridgehead atoms. The van der Waals surface area contributed by atoms with Crippen molar-refractivity contribution in [1.29, 1.82) is 0 Å². The van der Waals surface area contributed by atoms with Gasteiger partial charge in [-0.15, -0.1) is 0 Å². The van der Waals surface area contributed by atoms with Crippen molar-refractivity contribution < 1.29 is 5.11 Å². The average Bonchev–Trinajstić information content (AvgIpc) is 2.56. The molecule has 1 heterocycles. The molecule has 0 aliphatic carbocycles. The third kappa shape index (κ3) is 3.44. The fourth-order valence-electron chi connectivity index (χ4n) is 2.44. The van der Waals surface area contributed by atoms with E-state index in [1.807, 2.05) is 6.92 Å². The van der Waals surface area contributed by atoms with E-state index in [1.165, 1.54) is 19.3 Å². The second kappa shape index (κ2) is 5.28. The van der Waals surface area contributed by atoms with Crippen LogP contribution >= 0.6 is 0 Å². The van der Waals surface area contributed by atoms with Crippen LogP contribution in [0, 0.1) is 0 Å². The molecule has 0 aromatic rings. The Labute approximate surface area is 93.6 Å². The molecule has 1 rings (SSSR count). The van der Waals surface area contributed by atoms with Gasteiger partial charge in [-0.1, -0.05) is 6.92 Å². The topological polar surface area (TPSA) is 49.5 Å². The molecule has 3 nitrogen and oxygen atoms in total. The standard InChI is InChI=1S/C12H26N2O/c1-4-11-6-5-10(2)14(11)8-7-12(3,15)9-13/h10-11,15H,4-9,13H2,1-3H3. The van der Waals surface area contributed by atoms with Gasteiger partial charge in [-0.2, -0.15) is 0 Å². The van der Waals surface area contributed by atoms with Crippen molar-refractivity contribution in [3.63, 3.8) is 0 Å². The lowest BCUT2D eigenvalue weighted by Crippen LogP contribution is -2.42. The lowest BCUT2D eigenvalue weighted by atomic mass is 10.0. The van der Waals surface area contributed by atoms with Crippen LogP contribution in [-0.4, -0.2) is 40.8 Å². The molecule has 3 atom stereocenters. The third-order valence-electron chi connectivity index (χ3n) is 3.77. The monoisotopic (exact) mass is 214 g/mol. The SMILES string of the molecule is CCC1CCC(C)N1CCC(C)(O)CN. The second-order valence-electron chi connectivity index (χ2n) is 5.18. The molecule has 0 amide bonds. The molecule has 3 unspecified atom stereocenters. The summed E-state index contributed by atoms with van der Waals surface area (Å²) < 4.78 is 0. The van der Waals surface area contributed by atoms with Crippen molar-refractivity contribution in [3.8, 4) is 0 Å². The molecule has 3 N–H and O–H groups in total. The van der Waals surface area contributed by atoms with Crippen LogP contribution in [0.2, 0.25) is 0 Å². The van der Waals surface area contributed by atoms with E-state index < -0.39 is 5.60 Å². The zero-order chi connectivity index (χ0) is 11.5. The minimum Gasteiger partial charge on any atom is -0.389 e. The Balaban J connectivity index is 2.42. The van der Waals surface area contributed by atoms with Gasteiger partial charge in [0.2, 0.25) is 0 Å². The first-order chi connectivity index (χ1) is 7.00. The van der Waals surface area contributed by atoms with Gasteiger partial charge in [0.25, 0.3) is 0 Å². The molecule has 1 saturated heterocycles. The second-order valence-corrected chi connectivity index (χ2v) is 5.18.